The van der Waals surface area contributed by atoms with Gasteiger partial charge in [-0.3, -0.25) is 14.4 Å². The van der Waals surface area contributed by atoms with Crippen molar-refractivity contribution in [3.63, 3.8) is 0 Å². The maximum Gasteiger partial charge on any atom is 0.227 e. The van der Waals surface area contributed by atoms with Crippen molar-refractivity contribution in [3.8, 4) is 5.00 Å². The third kappa shape index (κ3) is 5.54. The van der Waals surface area contributed by atoms with E-state index in [-0.39, 0.29) is 24.7 Å². The van der Waals surface area contributed by atoms with Gasteiger partial charge in [0, 0.05) is 26.7 Å². The van der Waals surface area contributed by atoms with Crippen LogP contribution in [0.15, 0.2) is 53.5 Å². The number of hydrogen-bond donors (Lipinski definition) is 2. The maximum atomic E-state index is 13.2. The van der Waals surface area contributed by atoms with E-state index in [9.17, 15) is 4.79 Å². The Morgan fingerprint density at radius 3 is 2.47 bits per heavy atom. The number of rotatable bonds is 7. The molecule has 0 spiro atoms. The van der Waals surface area contributed by atoms with Crippen molar-refractivity contribution in [1.82, 2.24) is 14.8 Å². The van der Waals surface area contributed by atoms with Crippen LogP contribution in [0.25, 0.3) is 5.00 Å². The van der Waals surface area contributed by atoms with E-state index in [1.807, 2.05) is 55.5 Å². The van der Waals surface area contributed by atoms with Gasteiger partial charge in [0.15, 0.2) is 5.82 Å². The van der Waals surface area contributed by atoms with Gasteiger partial charge in [-0.2, -0.15) is 0 Å². The minimum atomic E-state index is -0.505. The zero-order valence-electron chi connectivity index (χ0n) is 21.5. The Balaban J connectivity index is 0.00000336. The number of nitrogens with zero attached hydrogens (tertiary/aromatic N) is 4. The number of thiophene rings is 1. The number of fused-ring (bicyclic) bond motifs is 3. The molecule has 0 fully saturated rings. The molecule has 38 heavy (non-hydrogen) atoms. The van der Waals surface area contributed by atoms with E-state index in [4.69, 9.17) is 22.3 Å². The van der Waals surface area contributed by atoms with E-state index in [2.05, 4.69) is 33.9 Å². The molecular weight excluding hydrogens is 539 g/mol. The maximum absolute atomic E-state index is 13.2. The van der Waals surface area contributed by atoms with E-state index in [1.165, 1.54) is 10.4 Å². The SMILES string of the molecule is Cc1sc2c(c1C)C(c1ccc(Cl)cc1)=N[C@@H](CC(=O)Nc1ccc(CCCN)cc1)c1nnc(C)n1-2.Cl. The summed E-state index contributed by atoms with van der Waals surface area (Å²) in [4.78, 5) is 19.6. The summed E-state index contributed by atoms with van der Waals surface area (Å²) in [7, 11) is 0. The van der Waals surface area contributed by atoms with Crippen LogP contribution in [-0.2, 0) is 11.2 Å². The molecule has 0 saturated carbocycles. The van der Waals surface area contributed by atoms with Gasteiger partial charge in [0.05, 0.1) is 12.1 Å². The van der Waals surface area contributed by atoms with Crippen molar-refractivity contribution in [2.45, 2.75) is 46.1 Å². The van der Waals surface area contributed by atoms with Crippen molar-refractivity contribution in [3.05, 3.63) is 92.3 Å². The summed E-state index contributed by atoms with van der Waals surface area (Å²) in [5.41, 5.74) is 11.5. The molecule has 0 unspecified atom stereocenters. The minimum Gasteiger partial charge on any atom is -0.330 e. The highest BCUT2D eigenvalue weighted by Gasteiger charge is 2.32. The molecule has 2 aromatic carbocycles. The Kier molecular flexibility index (Phi) is 8.67. The van der Waals surface area contributed by atoms with Gasteiger partial charge in [-0.1, -0.05) is 35.9 Å². The molecule has 3 heterocycles. The Morgan fingerprint density at radius 1 is 1.08 bits per heavy atom. The topological polar surface area (TPSA) is 98.2 Å². The molecule has 0 radical (unpaired) electrons. The lowest BCUT2D eigenvalue weighted by Crippen LogP contribution is -2.17. The minimum absolute atomic E-state index is 0. The number of carbonyl (C=O) groups is 1. The van der Waals surface area contributed by atoms with Gasteiger partial charge in [-0.25, -0.2) is 0 Å². The second kappa shape index (κ2) is 11.8. The van der Waals surface area contributed by atoms with Crippen molar-refractivity contribution in [2.75, 3.05) is 11.9 Å². The number of aromatic nitrogens is 3. The van der Waals surface area contributed by atoms with E-state index >= 15 is 0 Å². The summed E-state index contributed by atoms with van der Waals surface area (Å²) in [6.45, 7) is 6.81. The predicted octanol–water partition coefficient (Wildman–Crippen LogP) is 6.14. The number of aliphatic imine (C=N–C) groups is 1. The Bertz CT molecular complexity index is 1470. The van der Waals surface area contributed by atoms with Crippen molar-refractivity contribution in [2.24, 2.45) is 10.7 Å². The molecule has 198 valence electrons. The molecule has 0 saturated heterocycles. The molecule has 0 bridgehead atoms. The van der Waals surface area contributed by atoms with Gasteiger partial charge in [-0.05, 0) is 75.5 Å². The van der Waals surface area contributed by atoms with Crippen LogP contribution in [0.2, 0.25) is 5.02 Å². The van der Waals surface area contributed by atoms with Crippen LogP contribution in [0.3, 0.4) is 0 Å². The number of halogens is 2. The third-order valence-electron chi connectivity index (χ3n) is 6.64. The molecular formula is C28H30Cl2N6OS. The summed E-state index contributed by atoms with van der Waals surface area (Å²) in [5, 5.41) is 13.5. The van der Waals surface area contributed by atoms with Crippen LogP contribution in [-0.4, -0.2) is 32.9 Å². The number of nitrogens with one attached hydrogen (secondary N) is 1. The largest absolute Gasteiger partial charge is 0.330 e. The smallest absolute Gasteiger partial charge is 0.227 e. The molecule has 1 aliphatic heterocycles. The molecule has 4 aromatic rings. The van der Waals surface area contributed by atoms with Gasteiger partial charge in [0.25, 0.3) is 0 Å². The van der Waals surface area contributed by atoms with Crippen LogP contribution in [0.5, 0.6) is 0 Å². The number of benzene rings is 2. The fraction of sp³-hybridized carbons (Fsp3) is 0.286. The number of amides is 1. The van der Waals surface area contributed by atoms with Gasteiger partial charge in [0.2, 0.25) is 5.91 Å². The Labute approximate surface area is 237 Å². The number of aryl methyl sites for hydroxylation is 3. The number of anilines is 1. The predicted molar refractivity (Wildman–Crippen MR) is 158 cm³/mol. The molecule has 10 heteroatoms. The molecule has 0 aliphatic carbocycles. The second-order valence-electron chi connectivity index (χ2n) is 9.25. The first kappa shape index (κ1) is 28.0. The van der Waals surface area contributed by atoms with Crippen molar-refractivity contribution < 1.29 is 4.79 Å². The zero-order chi connectivity index (χ0) is 26.1. The first-order valence-corrected chi connectivity index (χ1v) is 13.5. The lowest BCUT2D eigenvalue weighted by molar-refractivity contribution is -0.116. The fourth-order valence-electron chi connectivity index (χ4n) is 4.58. The lowest BCUT2D eigenvalue weighted by atomic mass is 9.99. The highest BCUT2D eigenvalue weighted by atomic mass is 35.5. The van der Waals surface area contributed by atoms with Gasteiger partial charge in [0.1, 0.15) is 16.9 Å². The van der Waals surface area contributed by atoms with E-state index in [0.29, 0.717) is 17.4 Å². The van der Waals surface area contributed by atoms with Crippen LogP contribution < -0.4 is 11.1 Å². The number of hydrogen-bond acceptors (Lipinski definition) is 6. The number of nitrogens with two attached hydrogens (primary N) is 1. The van der Waals surface area contributed by atoms with E-state index in [1.54, 1.807) is 11.3 Å². The highest BCUT2D eigenvalue weighted by molar-refractivity contribution is 7.15. The summed E-state index contributed by atoms with van der Waals surface area (Å²) >= 11 is 7.88. The molecule has 1 amide bonds. The Morgan fingerprint density at radius 2 is 1.79 bits per heavy atom. The van der Waals surface area contributed by atoms with E-state index in [0.717, 1.165) is 51.8 Å². The Hall–Kier alpha value is -3.04. The average Bonchev–Trinajstić information content (AvgIpc) is 3.36. The summed E-state index contributed by atoms with van der Waals surface area (Å²) in [6.07, 6.45) is 2.00. The van der Waals surface area contributed by atoms with E-state index < -0.39 is 6.04 Å². The first-order chi connectivity index (χ1) is 17.9. The highest BCUT2D eigenvalue weighted by Crippen LogP contribution is 2.39. The summed E-state index contributed by atoms with van der Waals surface area (Å²) < 4.78 is 2.05. The first-order valence-electron chi connectivity index (χ1n) is 12.3. The van der Waals surface area contributed by atoms with Crippen LogP contribution in [0.1, 0.15) is 57.7 Å². The van der Waals surface area contributed by atoms with Gasteiger partial charge >= 0.3 is 0 Å². The van der Waals surface area contributed by atoms with Crippen molar-refractivity contribution in [1.29, 1.82) is 0 Å². The van der Waals surface area contributed by atoms with Crippen LogP contribution in [0.4, 0.5) is 5.69 Å². The van der Waals surface area contributed by atoms with Gasteiger partial charge < -0.3 is 11.1 Å². The summed E-state index contributed by atoms with van der Waals surface area (Å²) in [6, 6.07) is 15.1. The molecule has 5 rings (SSSR count). The summed E-state index contributed by atoms with van der Waals surface area (Å²) in [5.74, 6) is 1.30. The zero-order valence-corrected chi connectivity index (χ0v) is 23.9. The molecule has 1 atom stereocenters. The van der Waals surface area contributed by atoms with Crippen LogP contribution in [0, 0.1) is 20.8 Å². The third-order valence-corrected chi connectivity index (χ3v) is 8.09. The monoisotopic (exact) mass is 568 g/mol. The standard InChI is InChI=1S/C28H29ClN6OS.ClH/c1-16-17(2)37-28-25(16)26(20-8-10-21(29)11-9-20)32-23(27-34-33-18(3)35(27)28)15-24(36)31-22-12-6-19(7-13-22)5-4-14-30;/h6-13,23H,4-5,14-15,30H2,1-3H3,(H,31,36);1H/t23-;/m0./s1. The normalized spacial score (nSPS) is 14.1. The van der Waals surface area contributed by atoms with Crippen LogP contribution >= 0.6 is 35.3 Å². The molecule has 2 aromatic heterocycles. The quantitative estimate of drug-likeness (QED) is 0.279. The number of carbonyl (C=O) groups excluding carboxylic acids is 1. The van der Waals surface area contributed by atoms with Crippen molar-refractivity contribution >= 4 is 52.7 Å². The fourth-order valence-corrected chi connectivity index (χ4v) is 5.92. The average molecular weight is 570 g/mol. The van der Waals surface area contributed by atoms with Gasteiger partial charge in [-0.15, -0.1) is 33.9 Å². The lowest BCUT2D eigenvalue weighted by Gasteiger charge is -2.13. The molecule has 3 N–H and O–H groups in total. The second-order valence-corrected chi connectivity index (χ2v) is 10.9. The molecule has 1 aliphatic rings. The molecule has 7 nitrogen and oxygen atoms in total.